The molecular weight excluding hydrogens is 382 g/mol. The Balaban J connectivity index is 2.21. The summed E-state index contributed by atoms with van der Waals surface area (Å²) in [4.78, 5) is 0.0350. The van der Waals surface area contributed by atoms with Crippen LogP contribution in [0, 0.1) is 0 Å². The molecule has 9 heteroatoms. The zero-order valence-electron chi connectivity index (χ0n) is 11.4. The molecule has 1 fully saturated rings. The molecule has 0 aromatic heterocycles. The van der Waals surface area contributed by atoms with Gasteiger partial charge < -0.3 is 4.74 Å². The number of sulfonamides is 1. The minimum atomic E-state index is -3.76. The molecule has 118 valence electrons. The summed E-state index contributed by atoms with van der Waals surface area (Å²) in [5, 5.41) is 0. The zero-order valence-corrected chi connectivity index (χ0v) is 14.6. The molecule has 1 aliphatic rings. The maximum absolute atomic E-state index is 12.4. The van der Waals surface area contributed by atoms with Crippen LogP contribution in [0.3, 0.4) is 0 Å². The van der Waals surface area contributed by atoms with Gasteiger partial charge in [0.2, 0.25) is 10.0 Å². The van der Waals surface area contributed by atoms with Gasteiger partial charge in [0.25, 0.3) is 0 Å². The van der Waals surface area contributed by atoms with Crippen molar-refractivity contribution >= 4 is 35.8 Å². The molecule has 1 aromatic rings. The monoisotopic (exact) mass is 397 g/mol. The lowest BCUT2D eigenvalue weighted by molar-refractivity contribution is 0.401. The van der Waals surface area contributed by atoms with E-state index in [1.54, 1.807) is 12.1 Å². The summed E-state index contributed by atoms with van der Waals surface area (Å²) >= 11 is 3.23. The van der Waals surface area contributed by atoms with Crippen molar-refractivity contribution < 1.29 is 21.6 Å². The second kappa shape index (κ2) is 6.23. The molecule has 1 N–H and O–H groups in total. The van der Waals surface area contributed by atoms with Crippen LogP contribution in [0.25, 0.3) is 0 Å². The van der Waals surface area contributed by atoms with E-state index in [4.69, 9.17) is 4.74 Å². The maximum atomic E-state index is 12.4. The van der Waals surface area contributed by atoms with E-state index in [2.05, 4.69) is 20.7 Å². The van der Waals surface area contributed by atoms with Crippen LogP contribution in [0.1, 0.15) is 12.8 Å². The minimum absolute atomic E-state index is 0.00973. The van der Waals surface area contributed by atoms with Gasteiger partial charge in [0, 0.05) is 10.5 Å². The summed E-state index contributed by atoms with van der Waals surface area (Å²) in [6.45, 7) is 0. The molecule has 0 unspecified atom stereocenters. The van der Waals surface area contributed by atoms with E-state index in [-0.39, 0.29) is 41.0 Å². The van der Waals surface area contributed by atoms with Crippen LogP contribution in [-0.2, 0) is 19.9 Å². The van der Waals surface area contributed by atoms with Crippen LogP contribution in [0.4, 0.5) is 0 Å². The highest BCUT2D eigenvalue weighted by atomic mass is 79.9. The smallest absolute Gasteiger partial charge is 0.244 e. The van der Waals surface area contributed by atoms with Gasteiger partial charge in [0.15, 0.2) is 0 Å². The van der Waals surface area contributed by atoms with Crippen LogP contribution >= 0.6 is 15.9 Å². The fourth-order valence-corrected chi connectivity index (χ4v) is 5.66. The SMILES string of the molecule is COc1ccc(Br)cc1S(=O)(=O)NC1CCS(=O)(=O)CC1. The van der Waals surface area contributed by atoms with Crippen molar-refractivity contribution in [2.75, 3.05) is 18.6 Å². The Labute approximate surface area is 133 Å². The topological polar surface area (TPSA) is 89.5 Å². The number of benzene rings is 1. The predicted octanol–water partition coefficient (Wildman–Crippen LogP) is 1.31. The van der Waals surface area contributed by atoms with E-state index in [9.17, 15) is 16.8 Å². The molecule has 0 atom stereocenters. The number of nitrogens with one attached hydrogen (secondary N) is 1. The largest absolute Gasteiger partial charge is 0.495 e. The van der Waals surface area contributed by atoms with Gasteiger partial charge in [-0.3, -0.25) is 0 Å². The minimum Gasteiger partial charge on any atom is -0.495 e. The number of hydrogen-bond acceptors (Lipinski definition) is 5. The van der Waals surface area contributed by atoms with E-state index in [0.717, 1.165) is 0 Å². The first kappa shape index (κ1) is 16.7. The maximum Gasteiger partial charge on any atom is 0.244 e. The van der Waals surface area contributed by atoms with Gasteiger partial charge in [-0.1, -0.05) is 15.9 Å². The van der Waals surface area contributed by atoms with Gasteiger partial charge in [0.1, 0.15) is 20.5 Å². The van der Waals surface area contributed by atoms with E-state index in [0.29, 0.717) is 4.47 Å². The quantitative estimate of drug-likeness (QED) is 0.826. The molecule has 1 aliphatic heterocycles. The lowest BCUT2D eigenvalue weighted by Gasteiger charge is -2.23. The van der Waals surface area contributed by atoms with Gasteiger partial charge in [-0.2, -0.15) is 0 Å². The van der Waals surface area contributed by atoms with E-state index >= 15 is 0 Å². The number of methoxy groups -OCH3 is 1. The molecule has 0 aliphatic carbocycles. The first-order chi connectivity index (χ1) is 9.73. The summed E-state index contributed by atoms with van der Waals surface area (Å²) in [7, 11) is -5.39. The molecule has 0 spiro atoms. The number of ether oxygens (including phenoxy) is 1. The summed E-state index contributed by atoms with van der Waals surface area (Å²) in [5.41, 5.74) is 0. The second-order valence-corrected chi connectivity index (χ2v) is 9.74. The molecule has 1 heterocycles. The normalized spacial score (nSPS) is 19.3. The molecule has 0 amide bonds. The Morgan fingerprint density at radius 1 is 1.29 bits per heavy atom. The van der Waals surface area contributed by atoms with Crippen LogP contribution in [0.2, 0.25) is 0 Å². The Kier molecular flexibility index (Phi) is 4.96. The first-order valence-electron chi connectivity index (χ1n) is 6.30. The van der Waals surface area contributed by atoms with Crippen molar-refractivity contribution in [3.63, 3.8) is 0 Å². The number of sulfone groups is 1. The number of halogens is 1. The Hall–Kier alpha value is -0.640. The molecule has 1 aromatic carbocycles. The molecular formula is C12H16BrNO5S2. The molecule has 0 bridgehead atoms. The Morgan fingerprint density at radius 3 is 2.48 bits per heavy atom. The lowest BCUT2D eigenvalue weighted by Crippen LogP contribution is -2.40. The van der Waals surface area contributed by atoms with Gasteiger partial charge in [-0.25, -0.2) is 21.6 Å². The van der Waals surface area contributed by atoms with Gasteiger partial charge in [0.05, 0.1) is 18.6 Å². The van der Waals surface area contributed by atoms with Crippen LogP contribution in [-0.4, -0.2) is 41.5 Å². The van der Waals surface area contributed by atoms with Crippen molar-refractivity contribution in [2.24, 2.45) is 0 Å². The third-order valence-corrected chi connectivity index (χ3v) is 7.04. The van der Waals surface area contributed by atoms with E-state index in [1.165, 1.54) is 13.2 Å². The standard InChI is InChI=1S/C12H16BrNO5S2/c1-19-11-3-2-9(13)8-12(11)21(17,18)14-10-4-6-20(15,16)7-5-10/h2-3,8,10,14H,4-7H2,1H3. The third-order valence-electron chi connectivity index (χ3n) is 3.29. The van der Waals surface area contributed by atoms with Crippen LogP contribution in [0.15, 0.2) is 27.6 Å². The van der Waals surface area contributed by atoms with Gasteiger partial charge in [-0.05, 0) is 31.0 Å². The second-order valence-electron chi connectivity index (χ2n) is 4.84. The molecule has 1 saturated heterocycles. The zero-order chi connectivity index (χ0) is 15.7. The highest BCUT2D eigenvalue weighted by Crippen LogP contribution is 2.28. The number of hydrogen-bond donors (Lipinski definition) is 1. The van der Waals surface area contributed by atoms with Crippen molar-refractivity contribution in [1.29, 1.82) is 0 Å². The molecule has 2 rings (SSSR count). The van der Waals surface area contributed by atoms with Crippen molar-refractivity contribution in [1.82, 2.24) is 4.72 Å². The van der Waals surface area contributed by atoms with Crippen molar-refractivity contribution in [3.05, 3.63) is 22.7 Å². The fraction of sp³-hybridized carbons (Fsp3) is 0.500. The first-order valence-corrected chi connectivity index (χ1v) is 10.4. The third kappa shape index (κ3) is 4.18. The predicted molar refractivity (Wildman–Crippen MR) is 82.7 cm³/mol. The number of rotatable bonds is 4. The average Bonchev–Trinajstić information content (AvgIpc) is 2.41. The van der Waals surface area contributed by atoms with E-state index in [1.807, 2.05) is 0 Å². The molecule has 0 radical (unpaired) electrons. The van der Waals surface area contributed by atoms with Crippen LogP contribution < -0.4 is 9.46 Å². The average molecular weight is 398 g/mol. The summed E-state index contributed by atoms with van der Waals surface area (Å²) in [5.74, 6) is 0.264. The van der Waals surface area contributed by atoms with Crippen LogP contribution in [0.5, 0.6) is 5.75 Å². The van der Waals surface area contributed by atoms with Crippen molar-refractivity contribution in [2.45, 2.75) is 23.8 Å². The fourth-order valence-electron chi connectivity index (χ4n) is 2.15. The highest BCUT2D eigenvalue weighted by Gasteiger charge is 2.29. The van der Waals surface area contributed by atoms with Gasteiger partial charge >= 0.3 is 0 Å². The van der Waals surface area contributed by atoms with Gasteiger partial charge in [-0.15, -0.1) is 0 Å². The summed E-state index contributed by atoms with van der Waals surface area (Å²) in [6, 6.07) is 4.33. The summed E-state index contributed by atoms with van der Waals surface area (Å²) in [6.07, 6.45) is 0.579. The lowest BCUT2D eigenvalue weighted by atomic mass is 10.2. The van der Waals surface area contributed by atoms with E-state index < -0.39 is 19.9 Å². The molecule has 21 heavy (non-hydrogen) atoms. The Bertz CT molecular complexity index is 716. The highest BCUT2D eigenvalue weighted by molar-refractivity contribution is 9.10. The molecule has 0 saturated carbocycles. The van der Waals surface area contributed by atoms with Crippen molar-refractivity contribution in [3.8, 4) is 5.75 Å². The summed E-state index contributed by atoms with van der Waals surface area (Å²) < 4.78 is 55.9. The Morgan fingerprint density at radius 2 is 1.90 bits per heavy atom. The molecule has 6 nitrogen and oxygen atoms in total.